The van der Waals surface area contributed by atoms with Crippen molar-refractivity contribution in [3.8, 4) is 11.3 Å². The normalized spacial score (nSPS) is 16.5. The first-order chi connectivity index (χ1) is 17.2. The van der Waals surface area contributed by atoms with Gasteiger partial charge in [0, 0.05) is 33.4 Å². The van der Waals surface area contributed by atoms with Crippen LogP contribution in [0.2, 0.25) is 10.0 Å². The zero-order chi connectivity index (χ0) is 26.2. The summed E-state index contributed by atoms with van der Waals surface area (Å²) in [5.74, 6) is -1.72. The quantitative estimate of drug-likeness (QED) is 0.362. The summed E-state index contributed by atoms with van der Waals surface area (Å²) in [6.45, 7) is 0.673. The van der Waals surface area contributed by atoms with Crippen molar-refractivity contribution in [2.45, 2.75) is 18.9 Å². The number of ether oxygens (including phenoxy) is 2. The van der Waals surface area contributed by atoms with Gasteiger partial charge in [-0.05, 0) is 61.9 Å². The van der Waals surface area contributed by atoms with Crippen molar-refractivity contribution in [3.63, 3.8) is 0 Å². The topological polar surface area (TPSA) is 77.5 Å². The molecule has 2 atom stereocenters. The second-order valence-corrected chi connectivity index (χ2v) is 8.84. The number of carbonyl (C=O) groups is 2. The summed E-state index contributed by atoms with van der Waals surface area (Å²) in [6, 6.07) is 11.7. The van der Waals surface area contributed by atoms with Gasteiger partial charge in [0.2, 0.25) is 0 Å². The molecule has 2 unspecified atom stereocenters. The molecule has 1 N–H and O–H groups in total. The SMILES string of the molecule is COC(=O)C1CCNC(c2ccc(Cl)cc2F)C1.COC(=O)c1ccnc(-c2ccc(Cl)cc2F)c1.Cl. The van der Waals surface area contributed by atoms with E-state index in [2.05, 4.69) is 15.0 Å². The monoisotopic (exact) mass is 572 g/mol. The number of aromatic nitrogens is 1. The van der Waals surface area contributed by atoms with Gasteiger partial charge in [0.1, 0.15) is 11.6 Å². The molecular weight excluding hydrogens is 549 g/mol. The Hall–Kier alpha value is -2.78. The molecule has 0 saturated carbocycles. The van der Waals surface area contributed by atoms with E-state index < -0.39 is 11.8 Å². The minimum Gasteiger partial charge on any atom is -0.469 e. The van der Waals surface area contributed by atoms with Crippen LogP contribution in [0.5, 0.6) is 0 Å². The number of nitrogens with one attached hydrogen (secondary N) is 1. The Morgan fingerprint density at radius 2 is 1.65 bits per heavy atom. The van der Waals surface area contributed by atoms with Crippen LogP contribution in [-0.4, -0.2) is 37.7 Å². The number of rotatable bonds is 4. The summed E-state index contributed by atoms with van der Waals surface area (Å²) in [6.07, 6.45) is 2.69. The molecule has 4 rings (SSSR count). The zero-order valence-corrected chi connectivity index (χ0v) is 22.3. The molecule has 37 heavy (non-hydrogen) atoms. The van der Waals surface area contributed by atoms with E-state index in [1.165, 1.54) is 50.7 Å². The minimum atomic E-state index is -0.493. The lowest BCUT2D eigenvalue weighted by atomic mass is 9.88. The highest BCUT2D eigenvalue weighted by Gasteiger charge is 2.29. The maximum Gasteiger partial charge on any atom is 0.337 e. The van der Waals surface area contributed by atoms with Crippen LogP contribution in [0.25, 0.3) is 11.3 Å². The molecule has 198 valence electrons. The Morgan fingerprint density at radius 3 is 2.27 bits per heavy atom. The molecule has 2 heterocycles. The van der Waals surface area contributed by atoms with E-state index in [0.29, 0.717) is 39.8 Å². The molecule has 6 nitrogen and oxygen atoms in total. The highest BCUT2D eigenvalue weighted by molar-refractivity contribution is 6.30. The summed E-state index contributed by atoms with van der Waals surface area (Å²) in [5, 5.41) is 3.89. The van der Waals surface area contributed by atoms with Crippen molar-refractivity contribution >= 4 is 47.5 Å². The van der Waals surface area contributed by atoms with Gasteiger partial charge in [-0.1, -0.05) is 29.3 Å². The number of piperidine rings is 1. The molecule has 1 aliphatic heterocycles. The molecule has 1 fully saturated rings. The average molecular weight is 574 g/mol. The first-order valence-electron chi connectivity index (χ1n) is 11.0. The molecule has 0 aliphatic carbocycles. The van der Waals surface area contributed by atoms with Crippen LogP contribution in [0.1, 0.15) is 34.8 Å². The number of hydrogen-bond acceptors (Lipinski definition) is 6. The predicted octanol–water partition coefficient (Wildman–Crippen LogP) is 6.44. The van der Waals surface area contributed by atoms with Crippen molar-refractivity contribution in [3.05, 3.63) is 87.5 Å². The molecule has 3 aromatic rings. The molecule has 1 aliphatic rings. The van der Waals surface area contributed by atoms with E-state index in [9.17, 15) is 18.4 Å². The minimum absolute atomic E-state index is 0. The van der Waals surface area contributed by atoms with Crippen LogP contribution in [0.3, 0.4) is 0 Å². The third-order valence-corrected chi connectivity index (χ3v) is 6.13. The summed E-state index contributed by atoms with van der Waals surface area (Å²) in [4.78, 5) is 26.9. The Kier molecular flexibility index (Phi) is 11.7. The maximum atomic E-state index is 13.8. The largest absolute Gasteiger partial charge is 0.469 e. The Morgan fingerprint density at radius 1 is 0.973 bits per heavy atom. The van der Waals surface area contributed by atoms with Crippen molar-refractivity contribution in [1.29, 1.82) is 0 Å². The number of esters is 2. The van der Waals surface area contributed by atoms with Gasteiger partial charge in [-0.15, -0.1) is 12.4 Å². The lowest BCUT2D eigenvalue weighted by Gasteiger charge is -2.29. The lowest BCUT2D eigenvalue weighted by molar-refractivity contribution is -0.146. The summed E-state index contributed by atoms with van der Waals surface area (Å²) in [5.41, 5.74) is 1.50. The van der Waals surface area contributed by atoms with Gasteiger partial charge in [-0.25, -0.2) is 13.6 Å². The molecule has 11 heteroatoms. The smallest absolute Gasteiger partial charge is 0.337 e. The zero-order valence-electron chi connectivity index (χ0n) is 20.0. The standard InChI is InChI=1S/C13H15ClFNO2.C13H9ClFNO2.ClH/c2*1-18-13(17)8-4-5-16-12(6-8)10-3-2-9(14)7-11(10)15;/h2-3,7-8,12,16H,4-6H2,1H3;2-7H,1H3;1H. The van der Waals surface area contributed by atoms with Crippen LogP contribution in [0, 0.1) is 17.6 Å². The van der Waals surface area contributed by atoms with Gasteiger partial charge in [-0.2, -0.15) is 0 Å². The van der Waals surface area contributed by atoms with Crippen LogP contribution >= 0.6 is 35.6 Å². The van der Waals surface area contributed by atoms with Crippen molar-refractivity contribution < 1.29 is 27.8 Å². The number of pyridine rings is 1. The highest BCUT2D eigenvalue weighted by atomic mass is 35.5. The van der Waals surface area contributed by atoms with E-state index in [0.717, 1.165) is 6.42 Å². The Bertz CT molecular complexity index is 1250. The summed E-state index contributed by atoms with van der Waals surface area (Å²) >= 11 is 11.4. The summed E-state index contributed by atoms with van der Waals surface area (Å²) in [7, 11) is 2.66. The van der Waals surface area contributed by atoms with E-state index >= 15 is 0 Å². The molecule has 1 aromatic heterocycles. The van der Waals surface area contributed by atoms with Gasteiger partial charge < -0.3 is 14.8 Å². The molecule has 0 amide bonds. The third kappa shape index (κ3) is 8.10. The number of benzene rings is 2. The number of nitrogens with zero attached hydrogens (tertiary/aromatic N) is 1. The first kappa shape index (κ1) is 30.4. The fourth-order valence-electron chi connectivity index (χ4n) is 3.84. The predicted molar refractivity (Wildman–Crippen MR) is 140 cm³/mol. The molecule has 1 saturated heterocycles. The van der Waals surface area contributed by atoms with Crippen LogP contribution in [0.4, 0.5) is 8.78 Å². The lowest BCUT2D eigenvalue weighted by Crippen LogP contribution is -2.35. The average Bonchev–Trinajstić information content (AvgIpc) is 2.88. The molecule has 0 radical (unpaired) electrons. The van der Waals surface area contributed by atoms with Crippen LogP contribution < -0.4 is 5.32 Å². The Balaban J connectivity index is 0.000000253. The van der Waals surface area contributed by atoms with Gasteiger partial charge in [0.05, 0.1) is 31.4 Å². The van der Waals surface area contributed by atoms with E-state index in [1.54, 1.807) is 18.2 Å². The van der Waals surface area contributed by atoms with Gasteiger partial charge in [0.25, 0.3) is 0 Å². The number of hydrogen-bond donors (Lipinski definition) is 1. The summed E-state index contributed by atoms with van der Waals surface area (Å²) < 4.78 is 36.9. The molecular formula is C26H25Cl3F2N2O4. The first-order valence-corrected chi connectivity index (χ1v) is 11.7. The Labute approximate surface area is 229 Å². The van der Waals surface area contributed by atoms with Crippen molar-refractivity contribution in [2.75, 3.05) is 20.8 Å². The maximum absolute atomic E-state index is 13.8. The fraction of sp³-hybridized carbons (Fsp3) is 0.269. The molecule has 0 spiro atoms. The second kappa shape index (κ2) is 14.2. The highest BCUT2D eigenvalue weighted by Crippen LogP contribution is 2.30. The molecule has 0 bridgehead atoms. The number of methoxy groups -OCH3 is 2. The van der Waals surface area contributed by atoms with E-state index in [-0.39, 0.29) is 41.7 Å². The third-order valence-electron chi connectivity index (χ3n) is 5.66. The molecule has 2 aromatic carbocycles. The van der Waals surface area contributed by atoms with Gasteiger partial charge >= 0.3 is 11.9 Å². The van der Waals surface area contributed by atoms with Crippen molar-refractivity contribution in [2.24, 2.45) is 5.92 Å². The number of carbonyl (C=O) groups excluding carboxylic acids is 2. The van der Waals surface area contributed by atoms with Crippen molar-refractivity contribution in [1.82, 2.24) is 10.3 Å². The van der Waals surface area contributed by atoms with Gasteiger partial charge in [-0.3, -0.25) is 9.78 Å². The second-order valence-electron chi connectivity index (χ2n) is 7.96. The van der Waals surface area contributed by atoms with Crippen LogP contribution in [0.15, 0.2) is 54.7 Å². The van der Waals surface area contributed by atoms with E-state index in [1.807, 2.05) is 0 Å². The van der Waals surface area contributed by atoms with Crippen LogP contribution in [-0.2, 0) is 14.3 Å². The number of halogens is 5. The fourth-order valence-corrected chi connectivity index (χ4v) is 4.16. The van der Waals surface area contributed by atoms with E-state index in [4.69, 9.17) is 27.9 Å². The van der Waals surface area contributed by atoms with Gasteiger partial charge in [0.15, 0.2) is 0 Å².